The van der Waals surface area contributed by atoms with Crippen molar-refractivity contribution in [2.45, 2.75) is 31.9 Å². The lowest BCUT2D eigenvalue weighted by atomic mass is 10.1. The van der Waals surface area contributed by atoms with Crippen LogP contribution >= 0.6 is 35.6 Å². The molecule has 1 aliphatic rings. The van der Waals surface area contributed by atoms with E-state index in [-0.39, 0.29) is 24.0 Å². The Morgan fingerprint density at radius 1 is 1.45 bits per heavy atom. The molecule has 0 amide bonds. The lowest BCUT2D eigenvalue weighted by molar-refractivity contribution is 0.187. The van der Waals surface area contributed by atoms with Crippen LogP contribution in [0.15, 0.2) is 29.3 Å². The molecule has 0 aliphatic heterocycles. The number of guanidine groups is 1. The number of nitrogens with one attached hydrogen (secondary N) is 2. The second-order valence-corrected chi connectivity index (χ2v) is 5.08. The van der Waals surface area contributed by atoms with Gasteiger partial charge in [-0.1, -0.05) is 29.8 Å². The van der Waals surface area contributed by atoms with Gasteiger partial charge in [0.05, 0.1) is 6.54 Å². The third-order valence-electron chi connectivity index (χ3n) is 2.95. The van der Waals surface area contributed by atoms with E-state index in [0.29, 0.717) is 17.6 Å². The minimum absolute atomic E-state index is 0. The predicted octanol–water partition coefficient (Wildman–Crippen LogP) is 2.71. The van der Waals surface area contributed by atoms with Gasteiger partial charge in [0.2, 0.25) is 0 Å². The Labute approximate surface area is 142 Å². The summed E-state index contributed by atoms with van der Waals surface area (Å²) < 4.78 is 0. The molecular formula is C14H21ClIN3O. The van der Waals surface area contributed by atoms with Gasteiger partial charge in [-0.05, 0) is 25.8 Å². The summed E-state index contributed by atoms with van der Waals surface area (Å²) in [7, 11) is 0. The summed E-state index contributed by atoms with van der Waals surface area (Å²) in [5.41, 5.74) is 0.718. The third kappa shape index (κ3) is 5.46. The van der Waals surface area contributed by atoms with Gasteiger partial charge in [-0.25, -0.2) is 0 Å². The molecule has 0 bridgehead atoms. The van der Waals surface area contributed by atoms with Crippen molar-refractivity contribution in [1.82, 2.24) is 10.6 Å². The van der Waals surface area contributed by atoms with Crippen LogP contribution < -0.4 is 10.6 Å². The monoisotopic (exact) mass is 409 g/mol. The topological polar surface area (TPSA) is 56.7 Å². The average molecular weight is 410 g/mol. The number of hydrogen-bond acceptors (Lipinski definition) is 2. The molecule has 1 atom stereocenters. The van der Waals surface area contributed by atoms with Gasteiger partial charge < -0.3 is 15.7 Å². The van der Waals surface area contributed by atoms with Crippen molar-refractivity contribution in [2.24, 2.45) is 4.99 Å². The van der Waals surface area contributed by atoms with Gasteiger partial charge in [-0.2, -0.15) is 0 Å². The highest BCUT2D eigenvalue weighted by molar-refractivity contribution is 14.0. The van der Waals surface area contributed by atoms with Crippen LogP contribution in [0.1, 0.15) is 31.4 Å². The fourth-order valence-corrected chi connectivity index (χ4v) is 2.02. The Morgan fingerprint density at radius 3 is 2.75 bits per heavy atom. The minimum Gasteiger partial charge on any atom is -0.386 e. The van der Waals surface area contributed by atoms with Gasteiger partial charge in [-0.15, -0.1) is 24.0 Å². The third-order valence-corrected chi connectivity index (χ3v) is 3.29. The molecule has 6 heteroatoms. The number of hydrogen-bond donors (Lipinski definition) is 3. The van der Waals surface area contributed by atoms with Crippen molar-refractivity contribution in [3.8, 4) is 0 Å². The molecule has 112 valence electrons. The molecule has 0 aromatic heterocycles. The van der Waals surface area contributed by atoms with Gasteiger partial charge in [0.25, 0.3) is 0 Å². The highest BCUT2D eigenvalue weighted by atomic mass is 127. The van der Waals surface area contributed by atoms with Crippen LogP contribution in [0.25, 0.3) is 0 Å². The first-order valence-corrected chi connectivity index (χ1v) is 7.06. The second-order valence-electron chi connectivity index (χ2n) is 4.68. The quantitative estimate of drug-likeness (QED) is 0.398. The first-order valence-electron chi connectivity index (χ1n) is 6.68. The van der Waals surface area contributed by atoms with E-state index in [4.69, 9.17) is 11.6 Å². The van der Waals surface area contributed by atoms with Gasteiger partial charge in [-0.3, -0.25) is 4.99 Å². The summed E-state index contributed by atoms with van der Waals surface area (Å²) in [6.45, 7) is 3.13. The molecule has 0 saturated heterocycles. The molecule has 0 radical (unpaired) electrons. The molecule has 1 aliphatic carbocycles. The summed E-state index contributed by atoms with van der Waals surface area (Å²) in [4.78, 5) is 4.40. The maximum absolute atomic E-state index is 10.1. The van der Waals surface area contributed by atoms with Crippen molar-refractivity contribution in [3.05, 3.63) is 34.9 Å². The summed E-state index contributed by atoms with van der Waals surface area (Å²) in [6.07, 6.45) is 1.71. The Bertz CT molecular complexity index is 452. The van der Waals surface area contributed by atoms with Gasteiger partial charge in [0.1, 0.15) is 6.10 Å². The van der Waals surface area contributed by atoms with E-state index in [2.05, 4.69) is 15.6 Å². The normalized spacial score (nSPS) is 16.2. The van der Waals surface area contributed by atoms with Crippen molar-refractivity contribution < 1.29 is 5.11 Å². The Balaban J connectivity index is 0.00000200. The highest BCUT2D eigenvalue weighted by Gasteiger charge is 2.22. The van der Waals surface area contributed by atoms with Crippen LogP contribution in [0.3, 0.4) is 0 Å². The SMILES string of the molecule is CCNC(=NCC(O)c1ccccc1Cl)NC1CC1.I. The van der Waals surface area contributed by atoms with Crippen molar-refractivity contribution >= 4 is 41.5 Å². The van der Waals surface area contributed by atoms with Gasteiger partial charge in [0.15, 0.2) is 5.96 Å². The Morgan fingerprint density at radius 2 is 2.15 bits per heavy atom. The van der Waals surface area contributed by atoms with Crippen LogP contribution in [-0.2, 0) is 0 Å². The first-order chi connectivity index (χ1) is 9.20. The first kappa shape index (κ1) is 17.5. The van der Waals surface area contributed by atoms with Crippen molar-refractivity contribution in [2.75, 3.05) is 13.1 Å². The van der Waals surface area contributed by atoms with Crippen LogP contribution in [0.5, 0.6) is 0 Å². The van der Waals surface area contributed by atoms with Gasteiger partial charge >= 0.3 is 0 Å². The summed E-state index contributed by atoms with van der Waals surface area (Å²) in [5, 5.41) is 17.2. The number of rotatable bonds is 5. The Hall–Kier alpha value is -0.530. The maximum Gasteiger partial charge on any atom is 0.191 e. The number of aliphatic hydroxyl groups is 1. The molecule has 3 N–H and O–H groups in total. The van der Waals surface area contributed by atoms with Crippen molar-refractivity contribution in [1.29, 1.82) is 0 Å². The maximum atomic E-state index is 10.1. The van der Waals surface area contributed by atoms with E-state index in [1.807, 2.05) is 25.1 Å². The van der Waals surface area contributed by atoms with Crippen LogP contribution in [0.2, 0.25) is 5.02 Å². The summed E-state index contributed by atoms with van der Waals surface area (Å²) in [6, 6.07) is 7.85. The molecule has 1 saturated carbocycles. The zero-order chi connectivity index (χ0) is 13.7. The van der Waals surface area contributed by atoms with E-state index in [9.17, 15) is 5.11 Å². The number of halogens is 2. The fourth-order valence-electron chi connectivity index (χ4n) is 1.76. The smallest absolute Gasteiger partial charge is 0.191 e. The summed E-state index contributed by atoms with van der Waals surface area (Å²) in [5.74, 6) is 0.760. The average Bonchev–Trinajstić information content (AvgIpc) is 3.20. The number of nitrogens with zero attached hydrogens (tertiary/aromatic N) is 1. The van der Waals surface area contributed by atoms with Crippen LogP contribution in [0.4, 0.5) is 0 Å². The molecule has 4 nitrogen and oxygen atoms in total. The number of benzene rings is 1. The number of aliphatic hydroxyl groups excluding tert-OH is 1. The van der Waals surface area contributed by atoms with E-state index >= 15 is 0 Å². The Kier molecular flexibility index (Phi) is 7.61. The number of aliphatic imine (C=N–C) groups is 1. The fraction of sp³-hybridized carbons (Fsp3) is 0.500. The summed E-state index contributed by atoms with van der Waals surface area (Å²) >= 11 is 6.05. The molecule has 1 fully saturated rings. The zero-order valence-electron chi connectivity index (χ0n) is 11.5. The molecule has 2 rings (SSSR count). The minimum atomic E-state index is -0.677. The van der Waals surface area contributed by atoms with Gasteiger partial charge in [0, 0.05) is 23.2 Å². The largest absolute Gasteiger partial charge is 0.386 e. The predicted molar refractivity (Wildman–Crippen MR) is 94.0 cm³/mol. The molecule has 1 aromatic carbocycles. The molecule has 20 heavy (non-hydrogen) atoms. The lowest BCUT2D eigenvalue weighted by Gasteiger charge is -2.13. The molecular weight excluding hydrogens is 389 g/mol. The van der Waals surface area contributed by atoms with Crippen LogP contribution in [0, 0.1) is 0 Å². The van der Waals surface area contributed by atoms with Crippen molar-refractivity contribution in [3.63, 3.8) is 0 Å². The molecule has 0 spiro atoms. The lowest BCUT2D eigenvalue weighted by Crippen LogP contribution is -2.38. The van der Waals surface area contributed by atoms with E-state index in [0.717, 1.165) is 18.1 Å². The van der Waals surface area contributed by atoms with E-state index < -0.39 is 6.10 Å². The van der Waals surface area contributed by atoms with Crippen LogP contribution in [-0.4, -0.2) is 30.2 Å². The molecule has 1 aromatic rings. The highest BCUT2D eigenvalue weighted by Crippen LogP contribution is 2.22. The molecule has 0 heterocycles. The second kappa shape index (κ2) is 8.69. The van der Waals surface area contributed by atoms with E-state index in [1.165, 1.54) is 12.8 Å². The molecule has 1 unspecified atom stereocenters. The standard InChI is InChI=1S/C14H20ClN3O.HI/c1-2-16-14(18-10-7-8-10)17-9-13(19)11-5-3-4-6-12(11)15;/h3-6,10,13,19H,2,7-9H2,1H3,(H2,16,17,18);1H. The zero-order valence-corrected chi connectivity index (χ0v) is 14.6. The van der Waals surface area contributed by atoms with E-state index in [1.54, 1.807) is 6.07 Å².